The zero-order valence-corrected chi connectivity index (χ0v) is 11.8. The lowest BCUT2D eigenvalue weighted by molar-refractivity contribution is 0.0158. The minimum atomic E-state index is -0.228. The fourth-order valence-corrected chi connectivity index (χ4v) is 2.23. The summed E-state index contributed by atoms with van der Waals surface area (Å²) in [6.07, 6.45) is 0.788. The molecule has 0 aromatic carbocycles. The molecule has 6 unspecified atom stereocenters. The molecule has 0 aromatic heterocycles. The van der Waals surface area contributed by atoms with E-state index in [9.17, 15) is 5.11 Å². The van der Waals surface area contributed by atoms with Crippen molar-refractivity contribution in [1.82, 2.24) is 0 Å². The molecule has 0 aromatic rings. The van der Waals surface area contributed by atoms with Gasteiger partial charge in [0.25, 0.3) is 0 Å². The van der Waals surface area contributed by atoms with E-state index in [0.29, 0.717) is 29.6 Å². The first-order chi connectivity index (χ1) is 7.36. The van der Waals surface area contributed by atoms with Crippen LogP contribution in [0.25, 0.3) is 0 Å². The Morgan fingerprint density at radius 1 is 0.812 bits per heavy atom. The van der Waals surface area contributed by atoms with Gasteiger partial charge in [-0.3, -0.25) is 0 Å². The molecular weight excluding hydrogens is 200 g/mol. The Balaban J connectivity index is 4.41. The van der Waals surface area contributed by atoms with Crippen molar-refractivity contribution in [2.24, 2.45) is 29.6 Å². The van der Waals surface area contributed by atoms with Gasteiger partial charge in [0.05, 0.1) is 6.10 Å². The van der Waals surface area contributed by atoms with Gasteiger partial charge in [-0.2, -0.15) is 0 Å². The zero-order chi connectivity index (χ0) is 12.9. The van der Waals surface area contributed by atoms with E-state index in [1.54, 1.807) is 0 Å². The predicted octanol–water partition coefficient (Wildman–Crippen LogP) is 2.93. The molecule has 0 fully saturated rings. The third kappa shape index (κ3) is 4.06. The molecule has 2 nitrogen and oxygen atoms in total. The third-order valence-electron chi connectivity index (χ3n) is 4.61. The van der Waals surface area contributed by atoms with E-state index in [2.05, 4.69) is 41.5 Å². The first-order valence-electron chi connectivity index (χ1n) is 6.65. The third-order valence-corrected chi connectivity index (χ3v) is 4.61. The Kier molecular flexibility index (Phi) is 7.25. The molecule has 0 saturated heterocycles. The summed E-state index contributed by atoms with van der Waals surface area (Å²) in [4.78, 5) is 0. The highest BCUT2D eigenvalue weighted by Crippen LogP contribution is 2.31. The maximum absolute atomic E-state index is 10.2. The molecule has 0 amide bonds. The molecule has 0 saturated carbocycles. The van der Waals surface area contributed by atoms with Crippen molar-refractivity contribution in [2.75, 3.05) is 6.61 Å². The van der Waals surface area contributed by atoms with Crippen molar-refractivity contribution in [1.29, 1.82) is 0 Å². The summed E-state index contributed by atoms with van der Waals surface area (Å²) in [7, 11) is 0. The molecule has 2 heteroatoms. The van der Waals surface area contributed by atoms with Crippen LogP contribution in [0.3, 0.4) is 0 Å². The maximum atomic E-state index is 10.2. The van der Waals surface area contributed by atoms with Crippen LogP contribution in [0.15, 0.2) is 0 Å². The van der Waals surface area contributed by atoms with E-state index in [1.165, 1.54) is 0 Å². The zero-order valence-electron chi connectivity index (χ0n) is 11.8. The Morgan fingerprint density at radius 2 is 1.31 bits per heavy atom. The average molecular weight is 230 g/mol. The van der Waals surface area contributed by atoms with Gasteiger partial charge in [0, 0.05) is 6.61 Å². The molecule has 2 N–H and O–H groups in total. The number of aliphatic hydroxyl groups is 2. The molecule has 98 valence electrons. The Hall–Kier alpha value is -0.0800. The van der Waals surface area contributed by atoms with Crippen LogP contribution in [-0.4, -0.2) is 22.9 Å². The van der Waals surface area contributed by atoms with Crippen LogP contribution in [0.2, 0.25) is 0 Å². The standard InChI is InChI=1S/C14H30O2/c1-7-9(2)14(16)13(6)12(5)11(4)10(3)8-15/h9-16H,7-8H2,1-6H3. The SMILES string of the molecule is CCC(C)C(O)C(C)C(C)C(C)C(C)CO. The van der Waals surface area contributed by atoms with Crippen molar-refractivity contribution in [3.05, 3.63) is 0 Å². The molecular formula is C14H30O2. The minimum Gasteiger partial charge on any atom is -0.396 e. The van der Waals surface area contributed by atoms with Crippen LogP contribution in [-0.2, 0) is 0 Å². The van der Waals surface area contributed by atoms with E-state index < -0.39 is 0 Å². The summed E-state index contributed by atoms with van der Waals surface area (Å²) in [5, 5.41) is 19.4. The van der Waals surface area contributed by atoms with Gasteiger partial charge in [-0.15, -0.1) is 0 Å². The number of aliphatic hydroxyl groups excluding tert-OH is 2. The van der Waals surface area contributed by atoms with Crippen molar-refractivity contribution < 1.29 is 10.2 Å². The summed E-state index contributed by atoms with van der Waals surface area (Å²) >= 11 is 0. The Morgan fingerprint density at radius 3 is 1.69 bits per heavy atom. The predicted molar refractivity (Wildman–Crippen MR) is 69.2 cm³/mol. The second kappa shape index (κ2) is 7.29. The number of rotatable bonds is 7. The summed E-state index contributed by atoms with van der Waals surface area (Å²) in [5.41, 5.74) is 0. The molecule has 0 bridgehead atoms. The van der Waals surface area contributed by atoms with Crippen LogP contribution in [0.4, 0.5) is 0 Å². The molecule has 0 aliphatic heterocycles. The first kappa shape index (κ1) is 15.9. The van der Waals surface area contributed by atoms with Gasteiger partial charge in [0.2, 0.25) is 0 Å². The summed E-state index contributed by atoms with van der Waals surface area (Å²) in [5.74, 6) is 1.83. The van der Waals surface area contributed by atoms with E-state index in [1.807, 2.05) is 0 Å². The fraction of sp³-hybridized carbons (Fsp3) is 1.00. The topological polar surface area (TPSA) is 40.5 Å². The molecule has 0 spiro atoms. The maximum Gasteiger partial charge on any atom is 0.0593 e. The van der Waals surface area contributed by atoms with Crippen molar-refractivity contribution in [3.8, 4) is 0 Å². The average Bonchev–Trinajstić information content (AvgIpc) is 2.32. The van der Waals surface area contributed by atoms with Gasteiger partial charge >= 0.3 is 0 Å². The van der Waals surface area contributed by atoms with Crippen LogP contribution in [0.1, 0.15) is 48.0 Å². The van der Waals surface area contributed by atoms with Crippen LogP contribution in [0.5, 0.6) is 0 Å². The minimum absolute atomic E-state index is 0.228. The lowest BCUT2D eigenvalue weighted by atomic mass is 9.74. The molecule has 16 heavy (non-hydrogen) atoms. The first-order valence-corrected chi connectivity index (χ1v) is 6.65. The molecule has 6 atom stereocenters. The molecule has 0 aliphatic rings. The van der Waals surface area contributed by atoms with Crippen molar-refractivity contribution in [2.45, 2.75) is 54.1 Å². The van der Waals surface area contributed by atoms with Gasteiger partial charge in [-0.25, -0.2) is 0 Å². The highest BCUT2D eigenvalue weighted by Gasteiger charge is 2.29. The van der Waals surface area contributed by atoms with Gasteiger partial charge in [0.1, 0.15) is 0 Å². The largest absolute Gasteiger partial charge is 0.396 e. The molecule has 0 aliphatic carbocycles. The number of hydrogen-bond donors (Lipinski definition) is 2. The highest BCUT2D eigenvalue weighted by atomic mass is 16.3. The summed E-state index contributed by atoms with van der Waals surface area (Å²) in [6.45, 7) is 13.0. The van der Waals surface area contributed by atoms with Crippen LogP contribution < -0.4 is 0 Å². The number of hydrogen-bond acceptors (Lipinski definition) is 2. The summed E-state index contributed by atoms with van der Waals surface area (Å²) < 4.78 is 0. The van der Waals surface area contributed by atoms with E-state index in [0.717, 1.165) is 6.42 Å². The lowest BCUT2D eigenvalue weighted by Gasteiger charge is -2.34. The van der Waals surface area contributed by atoms with Crippen molar-refractivity contribution in [3.63, 3.8) is 0 Å². The molecule has 0 heterocycles. The monoisotopic (exact) mass is 230 g/mol. The quantitative estimate of drug-likeness (QED) is 0.706. The second-order valence-electron chi connectivity index (χ2n) is 5.61. The van der Waals surface area contributed by atoms with E-state index >= 15 is 0 Å². The lowest BCUT2D eigenvalue weighted by Crippen LogP contribution is -2.34. The van der Waals surface area contributed by atoms with E-state index in [4.69, 9.17) is 5.11 Å². The van der Waals surface area contributed by atoms with Crippen LogP contribution in [0, 0.1) is 29.6 Å². The van der Waals surface area contributed by atoms with E-state index in [-0.39, 0.29) is 12.7 Å². The second-order valence-corrected chi connectivity index (χ2v) is 5.61. The molecule has 0 radical (unpaired) electrons. The smallest absolute Gasteiger partial charge is 0.0593 e. The van der Waals surface area contributed by atoms with Gasteiger partial charge in [-0.05, 0) is 29.6 Å². The summed E-state index contributed by atoms with van der Waals surface area (Å²) in [6, 6.07) is 0. The van der Waals surface area contributed by atoms with Crippen molar-refractivity contribution >= 4 is 0 Å². The van der Waals surface area contributed by atoms with Crippen LogP contribution >= 0.6 is 0 Å². The van der Waals surface area contributed by atoms with Gasteiger partial charge in [0.15, 0.2) is 0 Å². The molecule has 0 rings (SSSR count). The fourth-order valence-electron chi connectivity index (χ4n) is 2.23. The Bertz CT molecular complexity index is 162. The highest BCUT2D eigenvalue weighted by molar-refractivity contribution is 4.79. The van der Waals surface area contributed by atoms with Gasteiger partial charge < -0.3 is 10.2 Å². The normalized spacial score (nSPS) is 23.2. The van der Waals surface area contributed by atoms with Gasteiger partial charge in [-0.1, -0.05) is 48.0 Å². The Labute approximate surface area is 101 Å².